The van der Waals surface area contributed by atoms with Gasteiger partial charge in [0.05, 0.1) is 6.42 Å². The van der Waals surface area contributed by atoms with Crippen molar-refractivity contribution in [3.8, 4) is 0 Å². The lowest BCUT2D eigenvalue weighted by Crippen LogP contribution is -2.40. The molecule has 0 radical (unpaired) electrons. The number of hydrogen-bond acceptors (Lipinski definition) is 3. The largest absolute Gasteiger partial charge is 0.460 e. The van der Waals surface area contributed by atoms with Gasteiger partial charge in [0.25, 0.3) is 0 Å². The SMILES string of the molecule is CC=CC(C)CC(CC(=O)OC(C)(C)C)N(Cc1ccccc1)C(C)c1ccccc1. The summed E-state index contributed by atoms with van der Waals surface area (Å²) in [4.78, 5) is 15.3. The molecule has 0 saturated carbocycles. The maximum Gasteiger partial charge on any atom is 0.307 e. The maximum atomic E-state index is 12.9. The second-order valence-corrected chi connectivity index (χ2v) is 9.43. The highest BCUT2D eigenvalue weighted by Gasteiger charge is 2.29. The lowest BCUT2D eigenvalue weighted by Gasteiger charge is -2.38. The standard InChI is InChI=1S/C28H39NO2/c1-7-14-22(2)19-26(20-27(30)31-28(4,5)6)29(21-24-15-10-8-11-16-24)23(3)25-17-12-9-13-18-25/h7-18,22-23,26H,19-21H2,1-6H3. The number of carbonyl (C=O) groups excluding carboxylic acids is 1. The molecular formula is C28H39NO2. The number of ether oxygens (including phenoxy) is 1. The van der Waals surface area contributed by atoms with Gasteiger partial charge in [-0.3, -0.25) is 9.69 Å². The van der Waals surface area contributed by atoms with Gasteiger partial charge in [-0.15, -0.1) is 0 Å². The van der Waals surface area contributed by atoms with Crippen LogP contribution < -0.4 is 0 Å². The lowest BCUT2D eigenvalue weighted by molar-refractivity contribution is -0.156. The van der Waals surface area contributed by atoms with Crippen LogP contribution in [-0.4, -0.2) is 22.5 Å². The smallest absolute Gasteiger partial charge is 0.307 e. The summed E-state index contributed by atoms with van der Waals surface area (Å²) in [6, 6.07) is 21.3. The van der Waals surface area contributed by atoms with E-state index in [1.807, 2.05) is 39.8 Å². The Labute approximate surface area is 189 Å². The number of esters is 1. The van der Waals surface area contributed by atoms with E-state index >= 15 is 0 Å². The van der Waals surface area contributed by atoms with Crippen molar-refractivity contribution in [3.05, 3.63) is 83.9 Å². The zero-order chi connectivity index (χ0) is 22.9. The van der Waals surface area contributed by atoms with Crippen molar-refractivity contribution in [3.63, 3.8) is 0 Å². The Morgan fingerprint density at radius 1 is 1.00 bits per heavy atom. The van der Waals surface area contributed by atoms with E-state index in [4.69, 9.17) is 4.74 Å². The van der Waals surface area contributed by atoms with Crippen molar-refractivity contribution in [2.24, 2.45) is 5.92 Å². The fourth-order valence-electron chi connectivity index (χ4n) is 4.05. The number of benzene rings is 2. The zero-order valence-corrected chi connectivity index (χ0v) is 20.0. The predicted octanol–water partition coefficient (Wildman–Crippen LogP) is 6.95. The molecule has 31 heavy (non-hydrogen) atoms. The van der Waals surface area contributed by atoms with Crippen LogP contribution in [0.3, 0.4) is 0 Å². The van der Waals surface area contributed by atoms with Gasteiger partial charge in [0.2, 0.25) is 0 Å². The highest BCUT2D eigenvalue weighted by atomic mass is 16.6. The van der Waals surface area contributed by atoms with Gasteiger partial charge in [0.15, 0.2) is 0 Å². The fourth-order valence-corrected chi connectivity index (χ4v) is 4.05. The zero-order valence-electron chi connectivity index (χ0n) is 20.0. The predicted molar refractivity (Wildman–Crippen MR) is 130 cm³/mol. The Bertz CT molecular complexity index is 808. The molecule has 0 aliphatic rings. The van der Waals surface area contributed by atoms with Crippen LogP contribution in [0.5, 0.6) is 0 Å². The minimum atomic E-state index is -0.480. The number of carbonyl (C=O) groups is 1. The molecule has 168 valence electrons. The Morgan fingerprint density at radius 2 is 1.58 bits per heavy atom. The summed E-state index contributed by atoms with van der Waals surface area (Å²) in [5.41, 5.74) is 2.02. The van der Waals surface area contributed by atoms with E-state index in [1.54, 1.807) is 0 Å². The Hall–Kier alpha value is -2.39. The average Bonchev–Trinajstić information content (AvgIpc) is 2.71. The molecule has 3 atom stereocenters. The molecule has 0 aliphatic heterocycles. The molecule has 2 rings (SSSR count). The summed E-state index contributed by atoms with van der Waals surface area (Å²) in [5.74, 6) is 0.238. The number of nitrogens with zero attached hydrogens (tertiary/aromatic N) is 1. The highest BCUT2D eigenvalue weighted by Crippen LogP contribution is 2.30. The first kappa shape index (κ1) is 24.9. The third-order valence-electron chi connectivity index (χ3n) is 5.44. The summed E-state index contributed by atoms with van der Waals surface area (Å²) >= 11 is 0. The van der Waals surface area contributed by atoms with E-state index < -0.39 is 5.60 Å². The third kappa shape index (κ3) is 8.70. The molecule has 0 N–H and O–H groups in total. The Kier molecular flexibility index (Phi) is 9.51. The molecule has 0 aliphatic carbocycles. The van der Waals surface area contributed by atoms with Gasteiger partial charge in [-0.05, 0) is 58.1 Å². The first-order chi connectivity index (χ1) is 14.7. The summed E-state index contributed by atoms with van der Waals surface area (Å²) in [7, 11) is 0. The van der Waals surface area contributed by atoms with E-state index in [-0.39, 0.29) is 18.1 Å². The van der Waals surface area contributed by atoms with E-state index in [9.17, 15) is 4.79 Å². The van der Waals surface area contributed by atoms with Crippen LogP contribution in [0, 0.1) is 5.92 Å². The summed E-state index contributed by atoms with van der Waals surface area (Å²) in [6.45, 7) is 13.1. The second kappa shape index (κ2) is 11.9. The van der Waals surface area contributed by atoms with Crippen molar-refractivity contribution < 1.29 is 9.53 Å². The van der Waals surface area contributed by atoms with Gasteiger partial charge < -0.3 is 4.74 Å². The molecule has 3 unspecified atom stereocenters. The molecule has 3 nitrogen and oxygen atoms in total. The Balaban J connectivity index is 2.37. The molecule has 2 aromatic carbocycles. The van der Waals surface area contributed by atoms with Crippen molar-refractivity contribution in [1.29, 1.82) is 0 Å². The fraction of sp³-hybridized carbons (Fsp3) is 0.464. The Morgan fingerprint density at radius 3 is 2.13 bits per heavy atom. The van der Waals surface area contributed by atoms with Crippen molar-refractivity contribution >= 4 is 5.97 Å². The molecule has 0 amide bonds. The van der Waals surface area contributed by atoms with Crippen LogP contribution in [-0.2, 0) is 16.1 Å². The van der Waals surface area contributed by atoms with Gasteiger partial charge in [-0.25, -0.2) is 0 Å². The second-order valence-electron chi connectivity index (χ2n) is 9.43. The quantitative estimate of drug-likeness (QED) is 0.307. The van der Waals surface area contributed by atoms with Gasteiger partial charge in [0.1, 0.15) is 5.60 Å². The van der Waals surface area contributed by atoms with E-state index in [0.717, 1.165) is 13.0 Å². The minimum Gasteiger partial charge on any atom is -0.460 e. The topological polar surface area (TPSA) is 29.5 Å². The molecule has 0 saturated heterocycles. The van der Waals surface area contributed by atoms with E-state index in [2.05, 4.69) is 79.4 Å². The number of rotatable bonds is 10. The molecular weight excluding hydrogens is 382 g/mol. The molecule has 0 spiro atoms. The molecule has 0 heterocycles. The van der Waals surface area contributed by atoms with Crippen LogP contribution in [0.4, 0.5) is 0 Å². The van der Waals surface area contributed by atoms with Crippen LogP contribution >= 0.6 is 0 Å². The average molecular weight is 422 g/mol. The summed E-state index contributed by atoms with van der Waals surface area (Å²) < 4.78 is 5.71. The lowest BCUT2D eigenvalue weighted by atomic mass is 9.94. The molecule has 2 aromatic rings. The van der Waals surface area contributed by atoms with Crippen LogP contribution in [0.1, 0.15) is 71.6 Å². The number of hydrogen-bond donors (Lipinski definition) is 0. The molecule has 0 fully saturated rings. The molecule has 3 heteroatoms. The van der Waals surface area contributed by atoms with Crippen LogP contribution in [0.25, 0.3) is 0 Å². The first-order valence-electron chi connectivity index (χ1n) is 11.4. The van der Waals surface area contributed by atoms with Crippen LogP contribution in [0.2, 0.25) is 0 Å². The highest BCUT2D eigenvalue weighted by molar-refractivity contribution is 5.70. The summed E-state index contributed by atoms with van der Waals surface area (Å²) in [6.07, 6.45) is 5.59. The van der Waals surface area contributed by atoms with Crippen LogP contribution in [0.15, 0.2) is 72.8 Å². The third-order valence-corrected chi connectivity index (χ3v) is 5.44. The normalized spacial score (nSPS) is 15.1. The van der Waals surface area contributed by atoms with Crippen molar-refractivity contribution in [1.82, 2.24) is 4.90 Å². The monoisotopic (exact) mass is 421 g/mol. The summed E-state index contributed by atoms with van der Waals surface area (Å²) in [5, 5.41) is 0. The van der Waals surface area contributed by atoms with Gasteiger partial charge >= 0.3 is 5.97 Å². The van der Waals surface area contributed by atoms with Gasteiger partial charge in [-0.1, -0.05) is 79.7 Å². The van der Waals surface area contributed by atoms with E-state index in [0.29, 0.717) is 12.3 Å². The van der Waals surface area contributed by atoms with Crippen molar-refractivity contribution in [2.45, 2.75) is 78.6 Å². The first-order valence-corrected chi connectivity index (χ1v) is 11.4. The van der Waals surface area contributed by atoms with Crippen molar-refractivity contribution in [2.75, 3.05) is 0 Å². The maximum absolute atomic E-state index is 12.9. The minimum absolute atomic E-state index is 0.0662. The van der Waals surface area contributed by atoms with E-state index in [1.165, 1.54) is 11.1 Å². The van der Waals surface area contributed by atoms with Gasteiger partial charge in [0, 0.05) is 18.6 Å². The molecule has 0 bridgehead atoms. The number of allylic oxidation sites excluding steroid dienone is 2. The molecule has 0 aromatic heterocycles. The van der Waals surface area contributed by atoms with Gasteiger partial charge in [-0.2, -0.15) is 0 Å².